The summed E-state index contributed by atoms with van der Waals surface area (Å²) in [4.78, 5) is 56.8. The molecule has 0 bridgehead atoms. The minimum atomic E-state index is -1.08. The van der Waals surface area contributed by atoms with Gasteiger partial charge in [-0.1, -0.05) is 38.5 Å². The summed E-state index contributed by atoms with van der Waals surface area (Å²) in [7, 11) is 1.55. The second-order valence-corrected chi connectivity index (χ2v) is 10.3. The second-order valence-electron chi connectivity index (χ2n) is 10.3. The Morgan fingerprint density at radius 1 is 1.05 bits per heavy atom. The SMILES string of the molecule is COc1ccc2c(C(=O)C(=O)N(CCC(=O)O)C(C(=O)NC3CCCCC3)C3CCCCC3)c[nH]c2c1. The molecule has 200 valence electrons. The Labute approximate surface area is 216 Å². The highest BCUT2D eigenvalue weighted by Crippen LogP contribution is 2.31. The van der Waals surface area contributed by atoms with Gasteiger partial charge >= 0.3 is 5.97 Å². The van der Waals surface area contributed by atoms with Crippen LogP contribution in [0, 0.1) is 5.92 Å². The predicted octanol–water partition coefficient (Wildman–Crippen LogP) is 4.06. The lowest BCUT2D eigenvalue weighted by Crippen LogP contribution is -2.57. The predicted molar refractivity (Wildman–Crippen MR) is 139 cm³/mol. The summed E-state index contributed by atoms with van der Waals surface area (Å²) in [5.74, 6) is -2.46. The van der Waals surface area contributed by atoms with Crippen molar-refractivity contribution in [2.45, 2.75) is 82.7 Å². The highest BCUT2D eigenvalue weighted by atomic mass is 16.5. The van der Waals surface area contributed by atoms with Crippen LogP contribution in [0.15, 0.2) is 24.4 Å². The van der Waals surface area contributed by atoms with E-state index in [-0.39, 0.29) is 36.4 Å². The number of carbonyl (C=O) groups excluding carboxylic acids is 3. The van der Waals surface area contributed by atoms with E-state index in [1.54, 1.807) is 25.3 Å². The third kappa shape index (κ3) is 6.32. The third-order valence-electron chi connectivity index (χ3n) is 7.81. The summed E-state index contributed by atoms with van der Waals surface area (Å²) in [6.45, 7) is -0.199. The summed E-state index contributed by atoms with van der Waals surface area (Å²) in [5.41, 5.74) is 0.838. The number of aliphatic carboxylic acids is 1. The molecule has 37 heavy (non-hydrogen) atoms. The van der Waals surface area contributed by atoms with Crippen LogP contribution in [0.5, 0.6) is 5.75 Å². The summed E-state index contributed by atoms with van der Waals surface area (Å²) >= 11 is 0. The van der Waals surface area contributed by atoms with Gasteiger partial charge in [0.15, 0.2) is 0 Å². The minimum absolute atomic E-state index is 0.0445. The monoisotopic (exact) mass is 511 g/mol. The molecule has 1 aromatic heterocycles. The van der Waals surface area contributed by atoms with Gasteiger partial charge in [0.25, 0.3) is 11.7 Å². The van der Waals surface area contributed by atoms with Crippen molar-refractivity contribution in [1.82, 2.24) is 15.2 Å². The van der Waals surface area contributed by atoms with Crippen LogP contribution in [0.3, 0.4) is 0 Å². The van der Waals surface area contributed by atoms with Crippen LogP contribution in [-0.2, 0) is 14.4 Å². The number of amides is 2. The van der Waals surface area contributed by atoms with Crippen molar-refractivity contribution in [3.63, 3.8) is 0 Å². The van der Waals surface area contributed by atoms with E-state index in [9.17, 15) is 24.3 Å². The fourth-order valence-corrected chi connectivity index (χ4v) is 5.84. The Morgan fingerprint density at radius 2 is 1.73 bits per heavy atom. The van der Waals surface area contributed by atoms with E-state index in [4.69, 9.17) is 4.74 Å². The Kier molecular flexibility index (Phi) is 8.84. The number of nitrogens with zero attached hydrogens (tertiary/aromatic N) is 1. The zero-order chi connectivity index (χ0) is 26.4. The first-order chi connectivity index (χ1) is 17.9. The van der Waals surface area contributed by atoms with Gasteiger partial charge in [-0.3, -0.25) is 19.2 Å². The quantitative estimate of drug-likeness (QED) is 0.326. The molecule has 3 N–H and O–H groups in total. The number of H-pyrrole nitrogens is 1. The van der Waals surface area contributed by atoms with E-state index < -0.39 is 23.7 Å². The molecule has 2 fully saturated rings. The summed E-state index contributed by atoms with van der Waals surface area (Å²) < 4.78 is 5.24. The van der Waals surface area contributed by atoms with Crippen LogP contribution in [-0.4, -0.2) is 64.3 Å². The molecule has 2 saturated carbocycles. The highest BCUT2D eigenvalue weighted by Gasteiger charge is 2.40. The molecule has 0 radical (unpaired) electrons. The maximum Gasteiger partial charge on any atom is 0.305 e. The van der Waals surface area contributed by atoms with Crippen molar-refractivity contribution < 1.29 is 29.0 Å². The topological polar surface area (TPSA) is 129 Å². The van der Waals surface area contributed by atoms with Crippen LogP contribution < -0.4 is 10.1 Å². The molecular weight excluding hydrogens is 474 g/mol. The largest absolute Gasteiger partial charge is 0.497 e. The van der Waals surface area contributed by atoms with Crippen molar-refractivity contribution in [2.75, 3.05) is 13.7 Å². The summed E-state index contributed by atoms with van der Waals surface area (Å²) in [6.07, 6.45) is 10.6. The molecule has 4 rings (SSSR count). The first-order valence-electron chi connectivity index (χ1n) is 13.4. The first-order valence-corrected chi connectivity index (χ1v) is 13.4. The number of hydrogen-bond donors (Lipinski definition) is 3. The van der Waals surface area contributed by atoms with Gasteiger partial charge in [-0.05, 0) is 43.7 Å². The highest BCUT2D eigenvalue weighted by molar-refractivity contribution is 6.45. The lowest BCUT2D eigenvalue weighted by Gasteiger charge is -2.38. The van der Waals surface area contributed by atoms with Crippen LogP contribution in [0.1, 0.15) is 81.0 Å². The molecule has 2 aromatic rings. The lowest BCUT2D eigenvalue weighted by atomic mass is 9.82. The zero-order valence-electron chi connectivity index (χ0n) is 21.5. The number of ketones is 1. The number of carboxylic acid groups (broad SMARTS) is 1. The van der Waals surface area contributed by atoms with E-state index >= 15 is 0 Å². The Morgan fingerprint density at radius 3 is 2.38 bits per heavy atom. The average Bonchev–Trinajstić information content (AvgIpc) is 3.34. The second kappa shape index (κ2) is 12.3. The van der Waals surface area contributed by atoms with E-state index in [1.807, 2.05) is 0 Å². The molecule has 2 aliphatic rings. The van der Waals surface area contributed by atoms with Crippen LogP contribution in [0.4, 0.5) is 0 Å². The van der Waals surface area contributed by atoms with Gasteiger partial charge in [0, 0.05) is 35.8 Å². The minimum Gasteiger partial charge on any atom is -0.497 e. The summed E-state index contributed by atoms with van der Waals surface area (Å²) in [5, 5.41) is 13.1. The molecule has 1 aromatic carbocycles. The number of aromatic nitrogens is 1. The summed E-state index contributed by atoms with van der Waals surface area (Å²) in [6, 6.07) is 4.33. The maximum atomic E-state index is 13.8. The molecule has 0 aliphatic heterocycles. The number of nitrogens with one attached hydrogen (secondary N) is 2. The Bertz CT molecular complexity index is 1130. The smallest absolute Gasteiger partial charge is 0.305 e. The molecular formula is C28H37N3O6. The van der Waals surface area contributed by atoms with E-state index in [0.29, 0.717) is 16.7 Å². The molecule has 9 heteroatoms. The van der Waals surface area contributed by atoms with E-state index in [0.717, 1.165) is 64.2 Å². The lowest BCUT2D eigenvalue weighted by molar-refractivity contribution is -0.143. The Balaban J connectivity index is 1.65. The van der Waals surface area contributed by atoms with Crippen molar-refractivity contribution in [3.8, 4) is 5.75 Å². The van der Waals surface area contributed by atoms with E-state index in [1.165, 1.54) is 11.1 Å². The van der Waals surface area contributed by atoms with E-state index in [2.05, 4.69) is 10.3 Å². The van der Waals surface area contributed by atoms with Gasteiger partial charge < -0.3 is 25.0 Å². The zero-order valence-corrected chi connectivity index (χ0v) is 21.5. The number of aromatic amines is 1. The van der Waals surface area contributed by atoms with Gasteiger partial charge in [0.05, 0.1) is 19.1 Å². The van der Waals surface area contributed by atoms with Crippen LogP contribution >= 0.6 is 0 Å². The number of Topliss-reactive ketones (excluding diaryl/α,β-unsaturated/α-hetero) is 1. The number of methoxy groups -OCH3 is 1. The van der Waals surface area contributed by atoms with Gasteiger partial charge in [-0.2, -0.15) is 0 Å². The van der Waals surface area contributed by atoms with Crippen molar-refractivity contribution in [1.29, 1.82) is 0 Å². The number of hydrogen-bond acceptors (Lipinski definition) is 5. The molecule has 2 amide bonds. The van der Waals surface area contributed by atoms with Crippen molar-refractivity contribution in [2.24, 2.45) is 5.92 Å². The van der Waals surface area contributed by atoms with Gasteiger partial charge in [0.1, 0.15) is 11.8 Å². The number of fused-ring (bicyclic) bond motifs is 1. The first kappa shape index (κ1) is 26.7. The molecule has 2 aliphatic carbocycles. The van der Waals surface area contributed by atoms with Gasteiger partial charge in [-0.25, -0.2) is 0 Å². The molecule has 1 heterocycles. The van der Waals surface area contributed by atoms with Crippen LogP contribution in [0.2, 0.25) is 0 Å². The molecule has 0 saturated heterocycles. The fraction of sp³-hybridized carbons (Fsp3) is 0.571. The van der Waals surface area contributed by atoms with Crippen molar-refractivity contribution >= 4 is 34.5 Å². The van der Waals surface area contributed by atoms with Crippen LogP contribution in [0.25, 0.3) is 10.9 Å². The standard InChI is InChI=1S/C28H37N3O6/c1-37-20-12-13-21-22(17-29-23(21)16-20)26(34)28(36)31(15-14-24(32)33)25(18-8-4-2-5-9-18)27(35)30-19-10-6-3-7-11-19/h12-13,16-19,25,29H,2-11,14-15H2,1H3,(H,30,35)(H,32,33). The molecule has 9 nitrogen and oxygen atoms in total. The number of benzene rings is 1. The van der Waals surface area contributed by atoms with Gasteiger partial charge in [-0.15, -0.1) is 0 Å². The normalized spacial score (nSPS) is 17.8. The molecule has 1 unspecified atom stereocenters. The van der Waals surface area contributed by atoms with Crippen molar-refractivity contribution in [3.05, 3.63) is 30.0 Å². The Hall–Kier alpha value is -3.36. The molecule has 0 spiro atoms. The number of carboxylic acids is 1. The number of ether oxygens (including phenoxy) is 1. The average molecular weight is 512 g/mol. The fourth-order valence-electron chi connectivity index (χ4n) is 5.84. The van der Waals surface area contributed by atoms with Gasteiger partial charge in [0.2, 0.25) is 5.91 Å². The molecule has 1 atom stereocenters. The maximum absolute atomic E-state index is 13.8. The number of carbonyl (C=O) groups is 4. The number of rotatable bonds is 10. The third-order valence-corrected chi connectivity index (χ3v) is 7.81.